The molecule has 1 atom stereocenters. The summed E-state index contributed by atoms with van der Waals surface area (Å²) in [5, 5.41) is 2.19. The van der Waals surface area contributed by atoms with E-state index in [0.29, 0.717) is 0 Å². The van der Waals surface area contributed by atoms with Gasteiger partial charge in [-0.1, -0.05) is 0 Å². The van der Waals surface area contributed by atoms with Crippen LogP contribution < -0.4 is 14.4 Å². The third-order valence-corrected chi connectivity index (χ3v) is 5.30. The Morgan fingerprint density at radius 1 is 1.14 bits per heavy atom. The lowest BCUT2D eigenvalue weighted by Crippen LogP contribution is -3.10. The highest BCUT2D eigenvalue weighted by Gasteiger charge is 2.22. The second-order valence-corrected chi connectivity index (χ2v) is 6.61. The van der Waals surface area contributed by atoms with E-state index in [0.717, 1.165) is 31.0 Å². The van der Waals surface area contributed by atoms with E-state index in [1.165, 1.54) is 28.1 Å². The molecule has 2 aromatic rings. The van der Waals surface area contributed by atoms with E-state index in [-0.39, 0.29) is 0 Å². The largest absolute Gasteiger partial charge is 0.493 e. The maximum atomic E-state index is 5.43. The van der Waals surface area contributed by atoms with Gasteiger partial charge in [0.05, 0.1) is 25.6 Å². The molecule has 2 heterocycles. The molecule has 0 saturated carbocycles. The second kappa shape index (κ2) is 6.08. The topological polar surface area (TPSA) is 22.9 Å². The average Bonchev–Trinajstić information content (AvgIpc) is 2.91. The predicted octanol–water partition coefficient (Wildman–Crippen LogP) is 2.21. The summed E-state index contributed by atoms with van der Waals surface area (Å²) in [6, 6.07) is 6.50. The van der Waals surface area contributed by atoms with Gasteiger partial charge in [-0.05, 0) is 41.6 Å². The second-order valence-electron chi connectivity index (χ2n) is 5.61. The van der Waals surface area contributed by atoms with Crippen molar-refractivity contribution in [2.24, 2.45) is 0 Å². The minimum atomic E-state index is 0.838. The van der Waals surface area contributed by atoms with Gasteiger partial charge in [0, 0.05) is 12.0 Å². The first-order chi connectivity index (χ1) is 10.2. The van der Waals surface area contributed by atoms with Gasteiger partial charge in [0.25, 0.3) is 0 Å². The molecular weight excluding hydrogens is 282 g/mol. The minimum Gasteiger partial charge on any atom is -0.493 e. The molecule has 4 heteroatoms. The summed E-state index contributed by atoms with van der Waals surface area (Å²) < 4.78 is 10.8. The van der Waals surface area contributed by atoms with Gasteiger partial charge in [0.15, 0.2) is 11.5 Å². The SMILES string of the molecule is COc1cc2c(cc1OC)C[NH+](Cc1sccc1C)CC2. The lowest BCUT2D eigenvalue weighted by atomic mass is 9.98. The number of hydrogen-bond donors (Lipinski definition) is 1. The smallest absolute Gasteiger partial charge is 0.161 e. The Hall–Kier alpha value is -1.52. The van der Waals surface area contributed by atoms with Crippen LogP contribution in [0.3, 0.4) is 0 Å². The molecule has 0 radical (unpaired) electrons. The van der Waals surface area contributed by atoms with Gasteiger partial charge in [0.1, 0.15) is 13.1 Å². The Bertz CT molecular complexity index is 636. The van der Waals surface area contributed by atoms with Crippen molar-refractivity contribution in [3.05, 3.63) is 45.1 Å². The van der Waals surface area contributed by atoms with Crippen molar-refractivity contribution in [3.8, 4) is 11.5 Å². The summed E-state index contributed by atoms with van der Waals surface area (Å²) >= 11 is 1.87. The molecule has 0 fully saturated rings. The van der Waals surface area contributed by atoms with Crippen molar-refractivity contribution in [1.29, 1.82) is 0 Å². The van der Waals surface area contributed by atoms with Crippen LogP contribution in [0.15, 0.2) is 23.6 Å². The molecule has 0 bridgehead atoms. The summed E-state index contributed by atoms with van der Waals surface area (Å²) in [6.07, 6.45) is 1.11. The number of hydrogen-bond acceptors (Lipinski definition) is 3. The Morgan fingerprint density at radius 3 is 2.48 bits per heavy atom. The van der Waals surface area contributed by atoms with Crippen molar-refractivity contribution < 1.29 is 14.4 Å². The monoisotopic (exact) mass is 304 g/mol. The summed E-state index contributed by atoms with van der Waals surface area (Å²) in [4.78, 5) is 3.13. The Balaban J connectivity index is 1.80. The fourth-order valence-electron chi connectivity index (χ4n) is 2.99. The molecule has 1 unspecified atom stereocenters. The first kappa shape index (κ1) is 14.4. The van der Waals surface area contributed by atoms with Crippen molar-refractivity contribution in [2.45, 2.75) is 26.4 Å². The molecule has 3 rings (SSSR count). The normalized spacial score (nSPS) is 17.4. The highest BCUT2D eigenvalue weighted by atomic mass is 32.1. The summed E-state index contributed by atoms with van der Waals surface area (Å²) in [7, 11) is 3.40. The van der Waals surface area contributed by atoms with Gasteiger partial charge in [-0.25, -0.2) is 0 Å². The van der Waals surface area contributed by atoms with Gasteiger partial charge in [-0.2, -0.15) is 0 Å². The molecule has 21 heavy (non-hydrogen) atoms. The maximum Gasteiger partial charge on any atom is 0.161 e. The van der Waals surface area contributed by atoms with E-state index >= 15 is 0 Å². The highest BCUT2D eigenvalue weighted by Crippen LogP contribution is 2.31. The third-order valence-electron chi connectivity index (χ3n) is 4.27. The van der Waals surface area contributed by atoms with Crippen LogP contribution in [0.25, 0.3) is 0 Å². The molecule has 1 aromatic carbocycles. The average molecular weight is 304 g/mol. The van der Waals surface area contributed by atoms with Gasteiger partial charge in [-0.3, -0.25) is 0 Å². The number of methoxy groups -OCH3 is 2. The number of ether oxygens (including phenoxy) is 2. The summed E-state index contributed by atoms with van der Waals surface area (Å²) in [5.74, 6) is 1.68. The van der Waals surface area contributed by atoms with E-state index in [1.54, 1.807) is 19.1 Å². The number of rotatable bonds is 4. The minimum absolute atomic E-state index is 0.838. The number of nitrogens with one attached hydrogen (secondary N) is 1. The molecule has 1 aliphatic heterocycles. The van der Waals surface area contributed by atoms with Gasteiger partial charge >= 0.3 is 0 Å². The van der Waals surface area contributed by atoms with Crippen molar-refractivity contribution in [1.82, 2.24) is 0 Å². The number of quaternary nitrogens is 1. The maximum absolute atomic E-state index is 5.43. The summed E-state index contributed by atoms with van der Waals surface area (Å²) in [5.41, 5.74) is 4.22. The molecule has 3 nitrogen and oxygen atoms in total. The fraction of sp³-hybridized carbons (Fsp3) is 0.412. The Morgan fingerprint density at radius 2 is 1.86 bits per heavy atom. The Kier molecular flexibility index (Phi) is 4.17. The van der Waals surface area contributed by atoms with E-state index in [1.807, 2.05) is 11.3 Å². The van der Waals surface area contributed by atoms with Crippen LogP contribution in [0.5, 0.6) is 11.5 Å². The van der Waals surface area contributed by atoms with Crippen LogP contribution in [0.4, 0.5) is 0 Å². The number of benzene rings is 1. The molecule has 1 aliphatic rings. The van der Waals surface area contributed by atoms with Crippen molar-refractivity contribution >= 4 is 11.3 Å². The highest BCUT2D eigenvalue weighted by molar-refractivity contribution is 7.10. The molecule has 0 spiro atoms. The van der Waals surface area contributed by atoms with E-state index in [9.17, 15) is 0 Å². The van der Waals surface area contributed by atoms with Crippen LogP contribution in [-0.4, -0.2) is 20.8 Å². The standard InChI is InChI=1S/C17H21NO2S/c1-12-5-7-21-17(12)11-18-6-4-13-8-15(19-2)16(20-3)9-14(13)10-18/h5,7-9H,4,6,10-11H2,1-3H3/p+1. The first-order valence-corrected chi connectivity index (χ1v) is 8.19. The van der Waals surface area contributed by atoms with Crippen LogP contribution >= 0.6 is 11.3 Å². The third kappa shape index (κ3) is 2.92. The van der Waals surface area contributed by atoms with Crippen molar-refractivity contribution in [2.75, 3.05) is 20.8 Å². The molecule has 1 aromatic heterocycles. The molecule has 0 aliphatic carbocycles. The lowest BCUT2D eigenvalue weighted by molar-refractivity contribution is -0.929. The number of thiophene rings is 1. The zero-order chi connectivity index (χ0) is 14.8. The van der Waals surface area contributed by atoms with Crippen LogP contribution in [0.2, 0.25) is 0 Å². The van der Waals surface area contributed by atoms with E-state index in [4.69, 9.17) is 9.47 Å². The van der Waals surface area contributed by atoms with Gasteiger partial charge in [-0.15, -0.1) is 11.3 Å². The number of aryl methyl sites for hydroxylation is 1. The van der Waals surface area contributed by atoms with Crippen molar-refractivity contribution in [3.63, 3.8) is 0 Å². The van der Waals surface area contributed by atoms with Gasteiger partial charge < -0.3 is 14.4 Å². The summed E-state index contributed by atoms with van der Waals surface area (Å²) in [6.45, 7) is 5.57. The quantitative estimate of drug-likeness (QED) is 0.936. The Labute approximate surface area is 130 Å². The first-order valence-electron chi connectivity index (χ1n) is 7.31. The van der Waals surface area contributed by atoms with Crippen LogP contribution in [0, 0.1) is 6.92 Å². The van der Waals surface area contributed by atoms with Gasteiger partial charge in [0.2, 0.25) is 0 Å². The van der Waals surface area contributed by atoms with Crippen LogP contribution in [0.1, 0.15) is 21.6 Å². The fourth-order valence-corrected chi connectivity index (χ4v) is 3.97. The number of fused-ring (bicyclic) bond motifs is 1. The van der Waals surface area contributed by atoms with E-state index < -0.39 is 0 Å². The molecule has 112 valence electrons. The predicted molar refractivity (Wildman–Crippen MR) is 85.5 cm³/mol. The molecule has 0 saturated heterocycles. The molecular formula is C17H22NO2S+. The zero-order valence-electron chi connectivity index (χ0n) is 12.9. The van der Waals surface area contributed by atoms with Crippen LogP contribution in [-0.2, 0) is 19.5 Å². The molecule has 1 N–H and O–H groups in total. The molecule has 0 amide bonds. The van der Waals surface area contributed by atoms with E-state index in [2.05, 4.69) is 30.5 Å². The zero-order valence-corrected chi connectivity index (χ0v) is 13.7. The lowest BCUT2D eigenvalue weighted by Gasteiger charge is -2.26.